The minimum absolute atomic E-state index is 0.0851. The second-order valence-electron chi connectivity index (χ2n) is 7.46. The molecule has 162 valence electrons. The third-order valence-electron chi connectivity index (χ3n) is 5.14. The van der Waals surface area contributed by atoms with Crippen molar-refractivity contribution in [2.24, 2.45) is 0 Å². The number of aromatic nitrogens is 2. The first-order valence-corrected chi connectivity index (χ1v) is 10.5. The van der Waals surface area contributed by atoms with Crippen molar-refractivity contribution in [3.63, 3.8) is 0 Å². The first kappa shape index (κ1) is 23.4. The van der Waals surface area contributed by atoms with Gasteiger partial charge >= 0.3 is 5.69 Å². The Bertz CT molecular complexity index is 806. The molecule has 0 bridgehead atoms. The molecule has 8 heteroatoms. The predicted molar refractivity (Wildman–Crippen MR) is 108 cm³/mol. The van der Waals surface area contributed by atoms with Crippen LogP contribution in [-0.2, 0) is 4.74 Å². The van der Waals surface area contributed by atoms with Crippen LogP contribution in [0.25, 0.3) is 0 Å². The molecular formula is C21H32N2O6. The van der Waals surface area contributed by atoms with Crippen LogP contribution in [0.1, 0.15) is 76.5 Å². The Balaban J connectivity index is 1.93. The van der Waals surface area contributed by atoms with Gasteiger partial charge in [0.1, 0.15) is 23.9 Å². The summed E-state index contributed by atoms with van der Waals surface area (Å²) in [5.74, 6) is 5.72. The zero-order valence-electron chi connectivity index (χ0n) is 17.0. The van der Waals surface area contributed by atoms with E-state index in [9.17, 15) is 24.9 Å². The summed E-state index contributed by atoms with van der Waals surface area (Å²) in [5.41, 5.74) is -1.30. The molecule has 0 aliphatic carbocycles. The summed E-state index contributed by atoms with van der Waals surface area (Å²) in [7, 11) is 0. The number of aliphatic hydroxyl groups is 3. The normalized spacial score (nSPS) is 23.7. The Kier molecular flexibility index (Phi) is 9.61. The molecule has 0 spiro atoms. The lowest BCUT2D eigenvalue weighted by atomic mass is 10.1. The van der Waals surface area contributed by atoms with Gasteiger partial charge in [-0.25, -0.2) is 4.79 Å². The van der Waals surface area contributed by atoms with Crippen molar-refractivity contribution in [1.29, 1.82) is 0 Å². The first-order chi connectivity index (χ1) is 14.0. The van der Waals surface area contributed by atoms with Gasteiger partial charge in [-0.05, 0) is 6.42 Å². The van der Waals surface area contributed by atoms with E-state index >= 15 is 0 Å². The molecule has 0 radical (unpaired) electrons. The largest absolute Gasteiger partial charge is 0.394 e. The first-order valence-electron chi connectivity index (χ1n) is 10.5. The van der Waals surface area contributed by atoms with Gasteiger partial charge < -0.3 is 20.1 Å². The summed E-state index contributed by atoms with van der Waals surface area (Å²) in [6.07, 6.45) is 6.50. The van der Waals surface area contributed by atoms with Gasteiger partial charge in [-0.2, -0.15) is 0 Å². The minimum Gasteiger partial charge on any atom is -0.394 e. The van der Waals surface area contributed by atoms with Crippen molar-refractivity contribution < 1.29 is 20.1 Å². The zero-order chi connectivity index (χ0) is 21.2. The Labute approximate surface area is 170 Å². The maximum absolute atomic E-state index is 12.1. The number of hydrogen-bond donors (Lipinski definition) is 4. The zero-order valence-corrected chi connectivity index (χ0v) is 17.0. The number of hydrogen-bond acceptors (Lipinski definition) is 6. The highest BCUT2D eigenvalue weighted by atomic mass is 16.6. The number of ether oxygens (including phenoxy) is 1. The van der Waals surface area contributed by atoms with Gasteiger partial charge in [-0.3, -0.25) is 14.3 Å². The Hall–Kier alpha value is -1.92. The standard InChI is InChI=1S/C21H32N2O6/c1-2-3-4-5-6-7-8-9-10-11-12-15-13-23(21(28)22-19(15)27)20-18(26)17(25)16(14-24)29-20/h13,16-18,20,24-26H,2-10,14H2,1H3,(H,22,27,28)/t16-,17-,18+,20-/m1/s1. The van der Waals surface area contributed by atoms with Gasteiger partial charge in [-0.1, -0.05) is 63.7 Å². The van der Waals surface area contributed by atoms with E-state index < -0.39 is 42.4 Å². The molecule has 2 heterocycles. The molecule has 1 aromatic heterocycles. The number of rotatable bonds is 10. The molecule has 4 N–H and O–H groups in total. The predicted octanol–water partition coefficient (Wildman–Crippen LogP) is 1.03. The lowest BCUT2D eigenvalue weighted by Crippen LogP contribution is -2.38. The van der Waals surface area contributed by atoms with E-state index in [1.807, 2.05) is 0 Å². The number of nitrogens with zero attached hydrogens (tertiary/aromatic N) is 1. The van der Waals surface area contributed by atoms with Gasteiger partial charge in [-0.15, -0.1) is 0 Å². The number of H-pyrrole nitrogens is 1. The molecule has 1 saturated heterocycles. The van der Waals surface area contributed by atoms with Crippen LogP contribution in [0.3, 0.4) is 0 Å². The molecule has 1 fully saturated rings. The van der Waals surface area contributed by atoms with E-state index in [-0.39, 0.29) is 5.56 Å². The van der Waals surface area contributed by atoms with Crippen LogP contribution in [0.2, 0.25) is 0 Å². The van der Waals surface area contributed by atoms with Crippen LogP contribution in [-0.4, -0.2) is 49.8 Å². The van der Waals surface area contributed by atoms with E-state index in [1.54, 1.807) is 0 Å². The topological polar surface area (TPSA) is 125 Å². The molecule has 0 saturated carbocycles. The second kappa shape index (κ2) is 11.9. The van der Waals surface area contributed by atoms with Gasteiger partial charge in [0.05, 0.1) is 6.61 Å². The molecule has 0 unspecified atom stereocenters. The Morgan fingerprint density at radius 3 is 2.34 bits per heavy atom. The summed E-state index contributed by atoms with van der Waals surface area (Å²) in [6, 6.07) is 0. The molecule has 0 aromatic carbocycles. The van der Waals surface area contributed by atoms with E-state index in [0.29, 0.717) is 6.42 Å². The number of nitrogens with one attached hydrogen (secondary N) is 1. The van der Waals surface area contributed by atoms with Gasteiger partial charge in [0.2, 0.25) is 0 Å². The van der Waals surface area contributed by atoms with Crippen molar-refractivity contribution in [3.05, 3.63) is 32.6 Å². The molecule has 8 nitrogen and oxygen atoms in total. The molecule has 2 rings (SSSR count). The highest BCUT2D eigenvalue weighted by molar-refractivity contribution is 5.29. The number of aliphatic hydroxyl groups excluding tert-OH is 3. The molecule has 1 aliphatic heterocycles. The average Bonchev–Trinajstić information content (AvgIpc) is 2.99. The van der Waals surface area contributed by atoms with E-state index in [2.05, 4.69) is 23.7 Å². The van der Waals surface area contributed by atoms with Gasteiger partial charge in [0, 0.05) is 12.6 Å². The van der Waals surface area contributed by atoms with Crippen molar-refractivity contribution in [1.82, 2.24) is 9.55 Å². The monoisotopic (exact) mass is 408 g/mol. The maximum atomic E-state index is 12.1. The van der Waals surface area contributed by atoms with Crippen molar-refractivity contribution in [2.45, 2.75) is 89.3 Å². The maximum Gasteiger partial charge on any atom is 0.330 e. The summed E-state index contributed by atoms with van der Waals surface area (Å²) in [4.78, 5) is 26.2. The molecule has 1 aromatic rings. The second-order valence-corrected chi connectivity index (χ2v) is 7.46. The number of unbranched alkanes of at least 4 members (excludes halogenated alkanes) is 8. The summed E-state index contributed by atoms with van der Waals surface area (Å²) >= 11 is 0. The van der Waals surface area contributed by atoms with E-state index in [1.165, 1.54) is 44.7 Å². The minimum atomic E-state index is -1.41. The van der Waals surface area contributed by atoms with Gasteiger partial charge in [0.15, 0.2) is 6.23 Å². The highest BCUT2D eigenvalue weighted by Gasteiger charge is 2.43. The van der Waals surface area contributed by atoms with Crippen LogP contribution in [0, 0.1) is 11.8 Å². The fraction of sp³-hybridized carbons (Fsp3) is 0.714. The SMILES string of the molecule is CCCCCCCCCCC#Cc1cn([C@@H]2O[C@H](CO)[C@@H](O)[C@@H]2O)c(=O)[nH]c1=O. The van der Waals surface area contributed by atoms with Crippen LogP contribution in [0.4, 0.5) is 0 Å². The van der Waals surface area contributed by atoms with E-state index in [0.717, 1.165) is 17.4 Å². The molecule has 0 amide bonds. The van der Waals surface area contributed by atoms with Crippen LogP contribution < -0.4 is 11.2 Å². The van der Waals surface area contributed by atoms with Crippen molar-refractivity contribution >= 4 is 0 Å². The quantitative estimate of drug-likeness (QED) is 0.339. The molecular weight excluding hydrogens is 376 g/mol. The highest BCUT2D eigenvalue weighted by Crippen LogP contribution is 2.27. The van der Waals surface area contributed by atoms with Crippen molar-refractivity contribution in [2.75, 3.05) is 6.61 Å². The molecule has 4 atom stereocenters. The lowest BCUT2D eigenvalue weighted by Gasteiger charge is -2.17. The fourth-order valence-electron chi connectivity index (χ4n) is 3.38. The fourth-order valence-corrected chi connectivity index (χ4v) is 3.38. The van der Waals surface area contributed by atoms with E-state index in [4.69, 9.17) is 4.74 Å². The third kappa shape index (κ3) is 6.54. The van der Waals surface area contributed by atoms with Crippen LogP contribution in [0.15, 0.2) is 15.8 Å². The number of aromatic amines is 1. The van der Waals surface area contributed by atoms with Crippen molar-refractivity contribution in [3.8, 4) is 11.8 Å². The van der Waals surface area contributed by atoms with Crippen LogP contribution in [0.5, 0.6) is 0 Å². The third-order valence-corrected chi connectivity index (χ3v) is 5.14. The smallest absolute Gasteiger partial charge is 0.330 e. The molecule has 1 aliphatic rings. The summed E-state index contributed by atoms with van der Waals surface area (Å²) < 4.78 is 6.34. The molecule has 29 heavy (non-hydrogen) atoms. The average molecular weight is 408 g/mol. The summed E-state index contributed by atoms with van der Waals surface area (Å²) in [5, 5.41) is 29.1. The van der Waals surface area contributed by atoms with Gasteiger partial charge in [0.25, 0.3) is 5.56 Å². The Morgan fingerprint density at radius 1 is 1.07 bits per heavy atom. The van der Waals surface area contributed by atoms with Crippen LogP contribution >= 0.6 is 0 Å². The lowest BCUT2D eigenvalue weighted by molar-refractivity contribution is -0.0550. The Morgan fingerprint density at radius 2 is 1.72 bits per heavy atom. The summed E-state index contributed by atoms with van der Waals surface area (Å²) in [6.45, 7) is 1.70.